The molecule has 0 saturated heterocycles. The van der Waals surface area contributed by atoms with E-state index in [1.165, 1.54) is 24.3 Å². The van der Waals surface area contributed by atoms with Crippen LogP contribution in [-0.2, 0) is 9.59 Å². The van der Waals surface area contributed by atoms with Crippen molar-refractivity contribution in [3.8, 4) is 0 Å². The zero-order valence-corrected chi connectivity index (χ0v) is 12.6. The highest BCUT2D eigenvalue weighted by Crippen LogP contribution is 2.12. The highest BCUT2D eigenvalue weighted by Gasteiger charge is 2.28. The molecule has 0 aromatic heterocycles. The van der Waals surface area contributed by atoms with Crippen LogP contribution in [0.3, 0.4) is 0 Å². The van der Waals surface area contributed by atoms with Crippen LogP contribution in [0.5, 0.6) is 0 Å². The van der Waals surface area contributed by atoms with Crippen LogP contribution in [0.2, 0.25) is 0 Å². The van der Waals surface area contributed by atoms with E-state index in [1.807, 2.05) is 6.07 Å². The molecule has 2 aromatic rings. The molecule has 1 aliphatic heterocycles. The van der Waals surface area contributed by atoms with Crippen LogP contribution in [0.25, 0.3) is 0 Å². The molecule has 0 saturated carbocycles. The number of anilines is 2. The lowest BCUT2D eigenvalue weighted by Gasteiger charge is -2.06. The summed E-state index contributed by atoms with van der Waals surface area (Å²) in [6.07, 6.45) is -0.0602. The number of guanidine groups is 1. The first-order chi connectivity index (χ1) is 11.6. The predicted octanol–water partition coefficient (Wildman–Crippen LogP) is 2.12. The average Bonchev–Trinajstić information content (AvgIpc) is 2.90. The third kappa shape index (κ3) is 3.95. The van der Waals surface area contributed by atoms with Gasteiger partial charge in [-0.15, -0.1) is 0 Å². The van der Waals surface area contributed by atoms with E-state index in [0.29, 0.717) is 11.4 Å². The molecule has 1 heterocycles. The fourth-order valence-electron chi connectivity index (χ4n) is 2.23. The normalized spacial score (nSPS) is 16.3. The first-order valence-electron chi connectivity index (χ1n) is 7.36. The van der Waals surface area contributed by atoms with Crippen molar-refractivity contribution in [2.45, 2.75) is 12.5 Å². The van der Waals surface area contributed by atoms with Gasteiger partial charge in [-0.2, -0.15) is 0 Å². The van der Waals surface area contributed by atoms with E-state index in [1.54, 1.807) is 24.3 Å². The number of amides is 2. The Morgan fingerprint density at radius 1 is 1.08 bits per heavy atom. The summed E-state index contributed by atoms with van der Waals surface area (Å²) in [5.74, 6) is -0.770. The molecule has 0 radical (unpaired) electrons. The lowest BCUT2D eigenvalue weighted by molar-refractivity contribution is -0.123. The molecule has 7 heteroatoms. The summed E-state index contributed by atoms with van der Waals surface area (Å²) in [5.41, 5.74) is 1.25. The molecule has 3 N–H and O–H groups in total. The number of para-hydroxylation sites is 1. The molecule has 24 heavy (non-hydrogen) atoms. The molecule has 0 aliphatic carbocycles. The van der Waals surface area contributed by atoms with Crippen LogP contribution in [-0.4, -0.2) is 23.8 Å². The van der Waals surface area contributed by atoms with Gasteiger partial charge >= 0.3 is 0 Å². The largest absolute Gasteiger partial charge is 0.326 e. The van der Waals surface area contributed by atoms with Crippen molar-refractivity contribution >= 4 is 29.1 Å². The van der Waals surface area contributed by atoms with Crippen molar-refractivity contribution in [1.82, 2.24) is 5.32 Å². The van der Waals surface area contributed by atoms with E-state index < -0.39 is 6.04 Å². The standard InChI is InChI=1S/C17H15FN4O2/c18-11-6-8-13(9-7-11)20-17-21-14(16(24)22-17)10-15(23)19-12-4-2-1-3-5-12/h1-9,14H,10H2,(H,19,23)(H2,20,21,22,24). The summed E-state index contributed by atoms with van der Waals surface area (Å²) in [6.45, 7) is 0. The van der Waals surface area contributed by atoms with Crippen molar-refractivity contribution in [3.05, 3.63) is 60.4 Å². The van der Waals surface area contributed by atoms with Crippen molar-refractivity contribution in [2.24, 2.45) is 4.99 Å². The predicted molar refractivity (Wildman–Crippen MR) is 89.1 cm³/mol. The molecule has 0 fully saturated rings. The van der Waals surface area contributed by atoms with E-state index in [-0.39, 0.29) is 30.0 Å². The molecule has 0 bridgehead atoms. The molecule has 0 spiro atoms. The lowest BCUT2D eigenvalue weighted by Crippen LogP contribution is -2.33. The third-order valence-corrected chi connectivity index (χ3v) is 3.37. The Morgan fingerprint density at radius 2 is 1.79 bits per heavy atom. The fraction of sp³-hybridized carbons (Fsp3) is 0.118. The minimum Gasteiger partial charge on any atom is -0.326 e. The molecule has 1 atom stereocenters. The molecular formula is C17H15FN4O2. The highest BCUT2D eigenvalue weighted by molar-refractivity contribution is 6.11. The van der Waals surface area contributed by atoms with Crippen LogP contribution in [0.1, 0.15) is 6.42 Å². The van der Waals surface area contributed by atoms with E-state index >= 15 is 0 Å². The summed E-state index contributed by atoms with van der Waals surface area (Å²) >= 11 is 0. The van der Waals surface area contributed by atoms with Gasteiger partial charge in [0.05, 0.1) is 6.42 Å². The van der Waals surface area contributed by atoms with Gasteiger partial charge in [0.25, 0.3) is 5.91 Å². The van der Waals surface area contributed by atoms with E-state index in [2.05, 4.69) is 20.9 Å². The number of nitrogens with zero attached hydrogens (tertiary/aromatic N) is 1. The van der Waals surface area contributed by atoms with Crippen LogP contribution >= 0.6 is 0 Å². The third-order valence-electron chi connectivity index (χ3n) is 3.37. The van der Waals surface area contributed by atoms with E-state index in [9.17, 15) is 14.0 Å². The topological polar surface area (TPSA) is 82.6 Å². The first kappa shape index (κ1) is 15.7. The molecule has 2 aromatic carbocycles. The Morgan fingerprint density at radius 3 is 2.50 bits per heavy atom. The fourth-order valence-corrected chi connectivity index (χ4v) is 2.23. The number of benzene rings is 2. The Balaban J connectivity index is 1.59. The molecule has 122 valence electrons. The number of carbonyl (C=O) groups is 2. The van der Waals surface area contributed by atoms with Gasteiger partial charge < -0.3 is 10.6 Å². The van der Waals surface area contributed by atoms with Crippen LogP contribution < -0.4 is 16.0 Å². The van der Waals surface area contributed by atoms with Gasteiger partial charge in [0.2, 0.25) is 11.9 Å². The summed E-state index contributed by atoms with van der Waals surface area (Å²) in [5, 5.41) is 8.14. The van der Waals surface area contributed by atoms with Gasteiger partial charge in [-0.25, -0.2) is 9.38 Å². The second-order valence-electron chi connectivity index (χ2n) is 5.23. The molecule has 1 unspecified atom stereocenters. The van der Waals surface area contributed by atoms with Crippen molar-refractivity contribution in [1.29, 1.82) is 0 Å². The van der Waals surface area contributed by atoms with Gasteiger partial charge in [0.1, 0.15) is 11.9 Å². The van der Waals surface area contributed by atoms with E-state index in [0.717, 1.165) is 0 Å². The molecule has 3 rings (SSSR count). The zero-order valence-electron chi connectivity index (χ0n) is 12.6. The monoisotopic (exact) mass is 326 g/mol. The number of carbonyl (C=O) groups excluding carboxylic acids is 2. The molecular weight excluding hydrogens is 311 g/mol. The number of nitrogens with one attached hydrogen (secondary N) is 3. The first-order valence-corrected chi connectivity index (χ1v) is 7.36. The maximum absolute atomic E-state index is 12.9. The second kappa shape index (κ2) is 6.91. The number of hydrogen-bond acceptors (Lipinski definition) is 4. The van der Waals surface area contributed by atoms with Crippen LogP contribution in [0.4, 0.5) is 15.8 Å². The highest BCUT2D eigenvalue weighted by atomic mass is 19.1. The lowest BCUT2D eigenvalue weighted by atomic mass is 10.2. The minimum absolute atomic E-state index is 0.0602. The number of aliphatic imine (C=N–C) groups is 1. The number of rotatable bonds is 4. The quantitative estimate of drug-likeness (QED) is 0.805. The molecule has 1 aliphatic rings. The smallest absolute Gasteiger partial charge is 0.252 e. The van der Waals surface area contributed by atoms with Crippen molar-refractivity contribution in [2.75, 3.05) is 10.6 Å². The zero-order chi connectivity index (χ0) is 16.9. The van der Waals surface area contributed by atoms with Gasteiger partial charge in [-0.05, 0) is 36.4 Å². The molecule has 2 amide bonds. The van der Waals surface area contributed by atoms with Crippen LogP contribution in [0.15, 0.2) is 59.6 Å². The minimum atomic E-state index is -0.795. The number of hydrogen-bond donors (Lipinski definition) is 3. The summed E-state index contributed by atoms with van der Waals surface area (Å²) in [6, 6.07) is 13.8. The Hall–Kier alpha value is -3.22. The summed E-state index contributed by atoms with van der Waals surface area (Å²) < 4.78 is 12.9. The van der Waals surface area contributed by atoms with Gasteiger partial charge in [-0.1, -0.05) is 18.2 Å². The second-order valence-corrected chi connectivity index (χ2v) is 5.23. The Bertz CT molecular complexity index is 775. The number of halogens is 1. The SMILES string of the molecule is O=C(CC1N=C(Nc2ccc(F)cc2)NC1=O)Nc1ccccc1. The van der Waals surface area contributed by atoms with Crippen LogP contribution in [0, 0.1) is 5.82 Å². The van der Waals surface area contributed by atoms with Crippen molar-refractivity contribution in [3.63, 3.8) is 0 Å². The average molecular weight is 326 g/mol. The van der Waals surface area contributed by atoms with E-state index in [4.69, 9.17) is 0 Å². The van der Waals surface area contributed by atoms with Gasteiger partial charge in [-0.3, -0.25) is 14.9 Å². The summed E-state index contributed by atoms with van der Waals surface area (Å²) in [4.78, 5) is 28.1. The summed E-state index contributed by atoms with van der Waals surface area (Å²) in [7, 11) is 0. The van der Waals surface area contributed by atoms with Crippen molar-refractivity contribution < 1.29 is 14.0 Å². The molecule has 6 nitrogen and oxygen atoms in total. The van der Waals surface area contributed by atoms with Gasteiger partial charge in [0.15, 0.2) is 0 Å². The maximum Gasteiger partial charge on any atom is 0.252 e. The maximum atomic E-state index is 12.9. The van der Waals surface area contributed by atoms with Gasteiger partial charge in [0, 0.05) is 11.4 Å². The Kier molecular flexibility index (Phi) is 4.51. The Labute approximate surface area is 137 Å².